The van der Waals surface area contributed by atoms with E-state index >= 15 is 0 Å². The van der Waals surface area contributed by atoms with E-state index in [0.717, 1.165) is 11.1 Å². The number of oxazole rings is 1. The third kappa shape index (κ3) is 3.22. The first-order valence-corrected chi connectivity index (χ1v) is 8.06. The average molecular weight is 302 g/mol. The number of fused-ring (bicyclic) bond motifs is 1. The van der Waals surface area contributed by atoms with Crippen molar-refractivity contribution >= 4 is 26.8 Å². The van der Waals surface area contributed by atoms with Crippen LogP contribution in [0.5, 0.6) is 0 Å². The van der Waals surface area contributed by atoms with Gasteiger partial charge < -0.3 is 4.42 Å². The first-order chi connectivity index (χ1) is 10.0. The van der Waals surface area contributed by atoms with Crippen molar-refractivity contribution in [3.05, 3.63) is 60.0 Å². The molecule has 0 aliphatic carbocycles. The lowest BCUT2D eigenvalue weighted by Crippen LogP contribution is -2.15. The summed E-state index contributed by atoms with van der Waals surface area (Å²) in [6.07, 6.45) is 1.33. The molecule has 0 bridgehead atoms. The van der Waals surface area contributed by atoms with Gasteiger partial charge in [0.25, 0.3) is 0 Å². The monoisotopic (exact) mass is 302 g/mol. The van der Waals surface area contributed by atoms with Crippen molar-refractivity contribution in [2.45, 2.75) is 12.7 Å². The molecule has 0 saturated carbocycles. The van der Waals surface area contributed by atoms with E-state index in [1.54, 1.807) is 24.3 Å². The molecule has 0 aliphatic heterocycles. The minimum atomic E-state index is -3.47. The van der Waals surface area contributed by atoms with Gasteiger partial charge in [-0.05, 0) is 24.6 Å². The van der Waals surface area contributed by atoms with Crippen molar-refractivity contribution in [2.75, 3.05) is 4.72 Å². The normalized spacial score (nSPS) is 11.7. The van der Waals surface area contributed by atoms with Crippen molar-refractivity contribution in [1.82, 2.24) is 4.98 Å². The van der Waals surface area contributed by atoms with E-state index in [4.69, 9.17) is 4.42 Å². The van der Waals surface area contributed by atoms with Gasteiger partial charge in [0.05, 0.1) is 11.4 Å². The molecule has 0 fully saturated rings. The van der Waals surface area contributed by atoms with Gasteiger partial charge in [-0.3, -0.25) is 4.72 Å². The van der Waals surface area contributed by atoms with Gasteiger partial charge in [0.15, 0.2) is 12.0 Å². The maximum absolute atomic E-state index is 12.2. The van der Waals surface area contributed by atoms with Crippen LogP contribution in [0.15, 0.2) is 53.3 Å². The molecule has 3 aromatic rings. The van der Waals surface area contributed by atoms with E-state index in [2.05, 4.69) is 9.71 Å². The fraction of sp³-hybridized carbons (Fsp3) is 0.133. The summed E-state index contributed by atoms with van der Waals surface area (Å²) in [4.78, 5) is 3.99. The van der Waals surface area contributed by atoms with Gasteiger partial charge in [-0.1, -0.05) is 29.8 Å². The van der Waals surface area contributed by atoms with Crippen LogP contribution < -0.4 is 4.72 Å². The number of aryl methyl sites for hydroxylation is 1. The second kappa shape index (κ2) is 5.21. The lowest BCUT2D eigenvalue weighted by atomic mass is 10.2. The predicted molar refractivity (Wildman–Crippen MR) is 81.4 cm³/mol. The first-order valence-electron chi connectivity index (χ1n) is 6.41. The third-order valence-electron chi connectivity index (χ3n) is 3.04. The largest absolute Gasteiger partial charge is 0.443 e. The quantitative estimate of drug-likeness (QED) is 0.804. The van der Waals surface area contributed by atoms with Crippen LogP contribution in [0.25, 0.3) is 11.1 Å². The van der Waals surface area contributed by atoms with Gasteiger partial charge in [-0.2, -0.15) is 0 Å². The molecule has 0 spiro atoms. The SMILES string of the molecule is Cc1cccc(CS(=O)(=O)Nc2ccc3ncoc3c2)c1. The number of rotatable bonds is 4. The van der Waals surface area contributed by atoms with Gasteiger partial charge >= 0.3 is 0 Å². The van der Waals surface area contributed by atoms with Gasteiger partial charge in [0, 0.05) is 6.07 Å². The van der Waals surface area contributed by atoms with Crippen LogP contribution in [0, 0.1) is 6.92 Å². The molecule has 0 atom stereocenters. The summed E-state index contributed by atoms with van der Waals surface area (Å²) in [5.74, 6) is -0.0663. The van der Waals surface area contributed by atoms with Crippen molar-refractivity contribution in [2.24, 2.45) is 0 Å². The minimum Gasteiger partial charge on any atom is -0.443 e. The number of hydrogen-bond donors (Lipinski definition) is 1. The second-order valence-corrected chi connectivity index (χ2v) is 6.61. The lowest BCUT2D eigenvalue weighted by molar-refractivity contribution is 0.600. The highest BCUT2D eigenvalue weighted by Crippen LogP contribution is 2.19. The molecule has 0 aliphatic rings. The van der Waals surface area contributed by atoms with E-state index in [0.29, 0.717) is 16.8 Å². The molecule has 0 radical (unpaired) electrons. The Hall–Kier alpha value is -2.34. The third-order valence-corrected chi connectivity index (χ3v) is 4.30. The van der Waals surface area contributed by atoms with Crippen LogP contribution in [0.1, 0.15) is 11.1 Å². The molecule has 3 rings (SSSR count). The standard InChI is InChI=1S/C15H14N2O3S/c1-11-3-2-4-12(7-11)9-21(18,19)17-13-5-6-14-15(8-13)20-10-16-14/h2-8,10,17H,9H2,1H3. The summed E-state index contributed by atoms with van der Waals surface area (Å²) in [6, 6.07) is 12.4. The van der Waals surface area contributed by atoms with Crippen molar-refractivity contribution in [1.29, 1.82) is 0 Å². The smallest absolute Gasteiger partial charge is 0.236 e. The van der Waals surface area contributed by atoms with E-state index in [9.17, 15) is 8.42 Å². The summed E-state index contributed by atoms with van der Waals surface area (Å²) >= 11 is 0. The number of nitrogens with one attached hydrogen (secondary N) is 1. The molecule has 0 amide bonds. The molecule has 2 aromatic carbocycles. The number of benzene rings is 2. The number of aromatic nitrogens is 1. The van der Waals surface area contributed by atoms with Gasteiger partial charge in [-0.15, -0.1) is 0 Å². The molecule has 0 unspecified atom stereocenters. The zero-order valence-electron chi connectivity index (χ0n) is 11.4. The highest BCUT2D eigenvalue weighted by atomic mass is 32.2. The lowest BCUT2D eigenvalue weighted by Gasteiger charge is -2.08. The van der Waals surface area contributed by atoms with Crippen LogP contribution in [0.2, 0.25) is 0 Å². The van der Waals surface area contributed by atoms with E-state index in [1.165, 1.54) is 6.39 Å². The molecular weight excluding hydrogens is 288 g/mol. The topological polar surface area (TPSA) is 72.2 Å². The Morgan fingerprint density at radius 3 is 2.86 bits per heavy atom. The molecule has 0 saturated heterocycles. The van der Waals surface area contributed by atoms with E-state index in [1.807, 2.05) is 25.1 Å². The Morgan fingerprint density at radius 2 is 2.05 bits per heavy atom. The highest BCUT2D eigenvalue weighted by molar-refractivity contribution is 7.91. The molecule has 5 nitrogen and oxygen atoms in total. The second-order valence-electron chi connectivity index (χ2n) is 4.89. The number of nitrogens with zero attached hydrogens (tertiary/aromatic N) is 1. The number of anilines is 1. The van der Waals surface area contributed by atoms with E-state index in [-0.39, 0.29) is 5.75 Å². The van der Waals surface area contributed by atoms with Gasteiger partial charge in [0.1, 0.15) is 5.52 Å². The predicted octanol–water partition coefficient (Wildman–Crippen LogP) is 3.08. The van der Waals surface area contributed by atoms with Gasteiger partial charge in [0.2, 0.25) is 10.0 Å². The Morgan fingerprint density at radius 1 is 1.19 bits per heavy atom. The van der Waals surface area contributed by atoms with Crippen molar-refractivity contribution < 1.29 is 12.8 Å². The summed E-state index contributed by atoms with van der Waals surface area (Å²) in [7, 11) is -3.47. The Bertz CT molecular complexity index is 885. The van der Waals surface area contributed by atoms with Crippen LogP contribution >= 0.6 is 0 Å². The summed E-state index contributed by atoms with van der Waals surface area (Å²) in [6.45, 7) is 1.93. The molecule has 6 heteroatoms. The van der Waals surface area contributed by atoms with Crippen LogP contribution in [0.3, 0.4) is 0 Å². The summed E-state index contributed by atoms with van der Waals surface area (Å²) < 4.78 is 32.1. The minimum absolute atomic E-state index is 0.0663. The van der Waals surface area contributed by atoms with Crippen molar-refractivity contribution in [3.63, 3.8) is 0 Å². The zero-order chi connectivity index (χ0) is 14.9. The summed E-state index contributed by atoms with van der Waals surface area (Å²) in [5, 5.41) is 0. The molecular formula is C15H14N2O3S. The molecule has 1 aromatic heterocycles. The number of sulfonamides is 1. The number of hydrogen-bond acceptors (Lipinski definition) is 4. The molecule has 108 valence electrons. The maximum atomic E-state index is 12.2. The molecule has 1 N–H and O–H groups in total. The zero-order valence-corrected chi connectivity index (χ0v) is 12.2. The van der Waals surface area contributed by atoms with Crippen LogP contribution in [0.4, 0.5) is 5.69 Å². The van der Waals surface area contributed by atoms with Crippen LogP contribution in [-0.2, 0) is 15.8 Å². The van der Waals surface area contributed by atoms with E-state index < -0.39 is 10.0 Å². The Labute approximate surface area is 122 Å². The Balaban J connectivity index is 1.82. The fourth-order valence-electron chi connectivity index (χ4n) is 2.16. The summed E-state index contributed by atoms with van der Waals surface area (Å²) in [5.41, 5.74) is 3.49. The van der Waals surface area contributed by atoms with Crippen molar-refractivity contribution in [3.8, 4) is 0 Å². The van der Waals surface area contributed by atoms with Gasteiger partial charge in [-0.25, -0.2) is 13.4 Å². The fourth-order valence-corrected chi connectivity index (χ4v) is 3.33. The molecule has 1 heterocycles. The average Bonchev–Trinajstić information content (AvgIpc) is 2.84. The maximum Gasteiger partial charge on any atom is 0.236 e. The first kappa shape index (κ1) is 13.6. The van der Waals surface area contributed by atoms with Crippen LogP contribution in [-0.4, -0.2) is 13.4 Å². The Kier molecular flexibility index (Phi) is 3.39. The molecule has 21 heavy (non-hydrogen) atoms. The highest BCUT2D eigenvalue weighted by Gasteiger charge is 2.12.